The number of carbonyl (C=O) groups is 1. The maximum absolute atomic E-state index is 8.33. The number of nitrogens with two attached hydrogens (primary N) is 2. The van der Waals surface area contributed by atoms with Crippen LogP contribution in [0.2, 0.25) is 0 Å². The number of likely N-dealkylation sites (N-methyl/N-ethyl adjacent to an activating group) is 2. The predicted molar refractivity (Wildman–Crippen MR) is 30.8 cm³/mol. The van der Waals surface area contributed by atoms with Gasteiger partial charge >= 0.3 is 0 Å². The second-order valence-corrected chi connectivity index (χ2v) is 1.64. The molecule has 62 valence electrons. The summed E-state index contributed by atoms with van der Waals surface area (Å²) in [6.07, 6.45) is -2.33. The first-order valence-electron chi connectivity index (χ1n) is 3.08. The van der Waals surface area contributed by atoms with Crippen LogP contribution in [0.4, 0.5) is 4.79 Å². The van der Waals surface area contributed by atoms with Gasteiger partial charge in [-0.3, -0.25) is 0 Å². The second-order valence-electron chi connectivity index (χ2n) is 1.64. The molecule has 4 N–H and O–H groups in total. The number of hydrogen-bond donors (Lipinski definition) is 2. The summed E-state index contributed by atoms with van der Waals surface area (Å²) in [4.78, 5) is 8.33. The summed E-state index contributed by atoms with van der Waals surface area (Å²) in [5.41, 5.74) is 0. The molecule has 0 atom stereocenters. The third-order valence-corrected chi connectivity index (χ3v) is 0.744. The lowest BCUT2D eigenvalue weighted by Crippen LogP contribution is -2.91. The van der Waals surface area contributed by atoms with Gasteiger partial charge in [-0.15, -0.1) is 0 Å². The first kappa shape index (κ1) is 11.9. The molecule has 0 aromatic rings. The Hall–Kier alpha value is -0.810. The molecule has 0 unspecified atom stereocenters. The fourth-order valence-corrected chi connectivity index (χ4v) is 0.333. The quantitative estimate of drug-likeness (QED) is 0.394. The van der Waals surface area contributed by atoms with Crippen LogP contribution >= 0.6 is 0 Å². The van der Waals surface area contributed by atoms with Crippen LogP contribution in [0.3, 0.4) is 0 Å². The van der Waals surface area contributed by atoms with Crippen molar-refractivity contribution in [1.29, 1.82) is 0 Å². The first-order chi connectivity index (χ1) is 4.65. The maximum atomic E-state index is 8.33. The molecule has 5 heteroatoms. The van der Waals surface area contributed by atoms with E-state index in [-0.39, 0.29) is 0 Å². The van der Waals surface area contributed by atoms with Crippen LogP contribution in [-0.2, 0) is 0 Å². The molecule has 0 saturated heterocycles. The van der Waals surface area contributed by atoms with Gasteiger partial charge in [0.2, 0.25) is 0 Å². The minimum atomic E-state index is -2.33. The third-order valence-electron chi connectivity index (χ3n) is 0.744. The van der Waals surface area contributed by atoms with E-state index in [9.17, 15) is 0 Å². The van der Waals surface area contributed by atoms with Crippen LogP contribution < -0.4 is 20.8 Å². The largest absolute Gasteiger partial charge is 0.652 e. The summed E-state index contributed by atoms with van der Waals surface area (Å²) >= 11 is 0. The van der Waals surface area contributed by atoms with Gasteiger partial charge in [-0.05, 0) is 6.16 Å². The van der Waals surface area contributed by atoms with E-state index in [1.807, 2.05) is 0 Å². The van der Waals surface area contributed by atoms with E-state index in [0.29, 0.717) is 0 Å². The SMILES string of the molecule is C[NH2+]CC[NH2+]C.O=C([O-])[O-]. The summed E-state index contributed by atoms with van der Waals surface area (Å²) in [5.74, 6) is 0. The Kier molecular flexibility index (Phi) is 13.2. The van der Waals surface area contributed by atoms with Crippen molar-refractivity contribution < 1.29 is 25.6 Å². The summed E-state index contributed by atoms with van der Waals surface area (Å²) < 4.78 is 0. The average molecular weight is 150 g/mol. The third kappa shape index (κ3) is 57.4. The van der Waals surface area contributed by atoms with Gasteiger partial charge in [0, 0.05) is 0 Å². The van der Waals surface area contributed by atoms with Crippen LogP contribution in [0, 0.1) is 0 Å². The molecule has 0 amide bonds. The van der Waals surface area contributed by atoms with Crippen molar-refractivity contribution in [3.8, 4) is 0 Å². The van der Waals surface area contributed by atoms with Crippen molar-refractivity contribution in [2.75, 3.05) is 27.2 Å². The van der Waals surface area contributed by atoms with E-state index in [1.165, 1.54) is 13.1 Å². The highest BCUT2D eigenvalue weighted by atomic mass is 16.6. The van der Waals surface area contributed by atoms with Crippen LogP contribution in [0.25, 0.3) is 0 Å². The van der Waals surface area contributed by atoms with Gasteiger partial charge in [0.05, 0.1) is 14.1 Å². The lowest BCUT2D eigenvalue weighted by atomic mass is 10.6. The summed E-state index contributed by atoms with van der Waals surface area (Å²) in [5, 5.41) is 21.0. The zero-order chi connectivity index (χ0) is 8.41. The van der Waals surface area contributed by atoms with E-state index in [0.717, 1.165) is 0 Å². The van der Waals surface area contributed by atoms with Crippen LogP contribution in [0.15, 0.2) is 0 Å². The van der Waals surface area contributed by atoms with Gasteiger partial charge in [0.1, 0.15) is 13.1 Å². The minimum absolute atomic E-state index is 1.23. The molecule has 0 aliphatic rings. The molecule has 10 heavy (non-hydrogen) atoms. The molecule has 0 bridgehead atoms. The Morgan fingerprint density at radius 2 is 1.40 bits per heavy atom. The van der Waals surface area contributed by atoms with E-state index in [2.05, 4.69) is 24.7 Å². The Bertz CT molecular complexity index is 69.3. The molecule has 0 aliphatic heterocycles. The highest BCUT2D eigenvalue weighted by Crippen LogP contribution is 1.21. The van der Waals surface area contributed by atoms with Gasteiger partial charge in [-0.1, -0.05) is 0 Å². The van der Waals surface area contributed by atoms with Gasteiger partial charge in [0.25, 0.3) is 0 Å². The fraction of sp³-hybridized carbons (Fsp3) is 0.800. The van der Waals surface area contributed by atoms with E-state index in [1.54, 1.807) is 0 Å². The molecular weight excluding hydrogens is 136 g/mol. The van der Waals surface area contributed by atoms with Crippen LogP contribution in [0.5, 0.6) is 0 Å². The van der Waals surface area contributed by atoms with Gasteiger partial charge < -0.3 is 25.6 Å². The molecule has 5 nitrogen and oxygen atoms in total. The van der Waals surface area contributed by atoms with Crippen LogP contribution in [-0.4, -0.2) is 33.3 Å². The molecule has 0 fully saturated rings. The number of quaternary nitrogens is 2. The molecule has 0 saturated carbocycles. The molecule has 0 spiro atoms. The van der Waals surface area contributed by atoms with Crippen LogP contribution in [0.1, 0.15) is 0 Å². The number of carboxylic acid groups (broad SMARTS) is 2. The Morgan fingerprint density at radius 1 is 1.20 bits per heavy atom. The van der Waals surface area contributed by atoms with E-state index < -0.39 is 6.16 Å². The van der Waals surface area contributed by atoms with Crippen molar-refractivity contribution in [3.63, 3.8) is 0 Å². The highest BCUT2D eigenvalue weighted by molar-refractivity contribution is 5.47. The molecule has 0 radical (unpaired) electrons. The lowest BCUT2D eigenvalue weighted by Gasteiger charge is -1.96. The average Bonchev–Trinajstić information content (AvgIpc) is 1.82. The fourth-order valence-electron chi connectivity index (χ4n) is 0.333. The molecule has 0 heterocycles. The Morgan fingerprint density at radius 3 is 1.50 bits per heavy atom. The number of rotatable bonds is 3. The van der Waals surface area contributed by atoms with Gasteiger partial charge in [0.15, 0.2) is 0 Å². The van der Waals surface area contributed by atoms with Gasteiger partial charge in [-0.25, -0.2) is 0 Å². The van der Waals surface area contributed by atoms with Crippen molar-refractivity contribution >= 4 is 6.16 Å². The lowest BCUT2D eigenvalue weighted by molar-refractivity contribution is -0.698. The van der Waals surface area contributed by atoms with Crippen molar-refractivity contribution in [3.05, 3.63) is 0 Å². The van der Waals surface area contributed by atoms with E-state index >= 15 is 0 Å². The summed E-state index contributed by atoms with van der Waals surface area (Å²) in [7, 11) is 4.17. The number of carbonyl (C=O) groups excluding carboxylic acids is 1. The zero-order valence-electron chi connectivity index (χ0n) is 6.29. The normalized spacial score (nSPS) is 7.80. The Balaban J connectivity index is 0. The molecular formula is C5H14N2O3. The summed E-state index contributed by atoms with van der Waals surface area (Å²) in [6, 6.07) is 0. The first-order valence-corrected chi connectivity index (χ1v) is 3.08. The maximum Gasteiger partial charge on any atom is 0.125 e. The summed E-state index contributed by atoms with van der Waals surface area (Å²) in [6.45, 7) is 2.47. The number of hydrogen-bond acceptors (Lipinski definition) is 3. The Labute approximate surface area is 60.1 Å². The van der Waals surface area contributed by atoms with E-state index in [4.69, 9.17) is 15.0 Å². The van der Waals surface area contributed by atoms with Crippen molar-refractivity contribution in [2.45, 2.75) is 0 Å². The molecule has 0 aromatic carbocycles. The van der Waals surface area contributed by atoms with Gasteiger partial charge in [-0.2, -0.15) is 0 Å². The predicted octanol–water partition coefficient (Wildman–Crippen LogP) is -5.07. The van der Waals surface area contributed by atoms with Crippen molar-refractivity contribution in [1.82, 2.24) is 0 Å². The molecule has 0 aromatic heterocycles. The second kappa shape index (κ2) is 11.0. The zero-order valence-corrected chi connectivity index (χ0v) is 6.29. The minimum Gasteiger partial charge on any atom is -0.652 e. The highest BCUT2D eigenvalue weighted by Gasteiger charge is 1.78. The molecule has 0 aliphatic carbocycles. The smallest absolute Gasteiger partial charge is 0.125 e. The topological polar surface area (TPSA) is 96.4 Å². The standard InChI is InChI=1S/C4H12N2.CH2O3/c1-5-3-4-6-2;2-1(3)4/h5-6H,3-4H2,1-2H3;(H2,2,3,4). The van der Waals surface area contributed by atoms with Crippen molar-refractivity contribution in [2.24, 2.45) is 0 Å². The molecule has 0 rings (SSSR count). The monoisotopic (exact) mass is 150 g/mol.